The van der Waals surface area contributed by atoms with Gasteiger partial charge in [0.15, 0.2) is 0 Å². The van der Waals surface area contributed by atoms with Gasteiger partial charge in [-0.2, -0.15) is 0 Å². The van der Waals surface area contributed by atoms with Crippen LogP contribution >= 0.6 is 22.7 Å². The van der Waals surface area contributed by atoms with Gasteiger partial charge >= 0.3 is 0 Å². The number of amides is 2. The minimum Gasteiger partial charge on any atom is -0.349 e. The Hall–Kier alpha value is -1.66. The number of thiophene rings is 2. The Bertz CT molecular complexity index is 623. The zero-order valence-corrected chi connectivity index (χ0v) is 13.8. The average molecular weight is 334 g/mol. The lowest BCUT2D eigenvalue weighted by atomic mass is 10.0. The Morgan fingerprint density at radius 2 is 2.00 bits per heavy atom. The van der Waals surface area contributed by atoms with Crippen molar-refractivity contribution in [2.75, 3.05) is 6.54 Å². The lowest BCUT2D eigenvalue weighted by Gasteiger charge is -2.34. The number of carbonyl (C=O) groups excluding carboxylic acids is 2. The van der Waals surface area contributed by atoms with Gasteiger partial charge in [-0.05, 0) is 42.2 Å². The summed E-state index contributed by atoms with van der Waals surface area (Å²) in [6.07, 6.45) is 2.70. The summed E-state index contributed by atoms with van der Waals surface area (Å²) in [6, 6.07) is 7.32. The monoisotopic (exact) mass is 334 g/mol. The van der Waals surface area contributed by atoms with E-state index in [-0.39, 0.29) is 17.9 Å². The molecule has 2 amide bonds. The van der Waals surface area contributed by atoms with E-state index in [1.54, 1.807) is 16.2 Å². The van der Waals surface area contributed by atoms with Crippen LogP contribution in [0.25, 0.3) is 0 Å². The molecule has 0 radical (unpaired) electrons. The number of nitrogens with one attached hydrogen (secondary N) is 1. The highest BCUT2D eigenvalue weighted by Crippen LogP contribution is 2.22. The van der Waals surface area contributed by atoms with Crippen LogP contribution in [0.5, 0.6) is 0 Å². The summed E-state index contributed by atoms with van der Waals surface area (Å²) in [5.41, 5.74) is 0. The maximum Gasteiger partial charge on any atom is 0.264 e. The highest BCUT2D eigenvalue weighted by Gasteiger charge is 2.32. The fourth-order valence-electron chi connectivity index (χ4n) is 2.69. The molecule has 2 aromatic rings. The first-order chi connectivity index (χ1) is 10.8. The second-order valence-electron chi connectivity index (χ2n) is 5.28. The van der Waals surface area contributed by atoms with Crippen LogP contribution in [0.1, 0.15) is 33.8 Å². The van der Waals surface area contributed by atoms with E-state index < -0.39 is 0 Å². The molecule has 1 aliphatic rings. The summed E-state index contributed by atoms with van der Waals surface area (Å²) in [5.74, 6) is -0.0658. The van der Waals surface area contributed by atoms with E-state index in [0.717, 1.165) is 24.1 Å². The molecule has 3 rings (SSSR count). The van der Waals surface area contributed by atoms with Crippen LogP contribution in [-0.2, 0) is 11.3 Å². The van der Waals surface area contributed by atoms with Crippen molar-refractivity contribution in [2.24, 2.45) is 0 Å². The Morgan fingerprint density at radius 3 is 2.73 bits per heavy atom. The summed E-state index contributed by atoms with van der Waals surface area (Å²) in [6.45, 7) is 1.20. The minimum atomic E-state index is -0.344. The van der Waals surface area contributed by atoms with Crippen LogP contribution < -0.4 is 5.32 Å². The summed E-state index contributed by atoms with van der Waals surface area (Å²) in [7, 11) is 0. The molecule has 0 aliphatic carbocycles. The van der Waals surface area contributed by atoms with Crippen LogP contribution in [-0.4, -0.2) is 29.3 Å². The number of nitrogens with zero attached hydrogens (tertiary/aromatic N) is 1. The lowest BCUT2D eigenvalue weighted by Crippen LogP contribution is -2.51. The van der Waals surface area contributed by atoms with Crippen molar-refractivity contribution >= 4 is 34.5 Å². The summed E-state index contributed by atoms with van der Waals surface area (Å²) in [5, 5.41) is 6.85. The van der Waals surface area contributed by atoms with E-state index in [1.165, 1.54) is 11.3 Å². The molecule has 22 heavy (non-hydrogen) atoms. The summed E-state index contributed by atoms with van der Waals surface area (Å²) in [4.78, 5) is 28.6. The number of rotatable bonds is 4. The van der Waals surface area contributed by atoms with Crippen molar-refractivity contribution in [3.05, 3.63) is 44.8 Å². The van der Waals surface area contributed by atoms with Gasteiger partial charge in [0.05, 0.1) is 11.4 Å². The zero-order valence-electron chi connectivity index (χ0n) is 12.2. The first-order valence-electron chi connectivity index (χ1n) is 7.40. The van der Waals surface area contributed by atoms with Gasteiger partial charge in [-0.3, -0.25) is 9.59 Å². The highest BCUT2D eigenvalue weighted by atomic mass is 32.1. The summed E-state index contributed by atoms with van der Waals surface area (Å²) < 4.78 is 0. The average Bonchev–Trinajstić information content (AvgIpc) is 3.25. The van der Waals surface area contributed by atoms with Gasteiger partial charge < -0.3 is 10.2 Å². The van der Waals surface area contributed by atoms with E-state index in [2.05, 4.69) is 5.32 Å². The smallest absolute Gasteiger partial charge is 0.264 e. The van der Waals surface area contributed by atoms with Crippen LogP contribution in [0.4, 0.5) is 0 Å². The van der Waals surface area contributed by atoms with Crippen molar-refractivity contribution in [2.45, 2.75) is 31.8 Å². The molecule has 0 aromatic carbocycles. The quantitative estimate of drug-likeness (QED) is 0.934. The lowest BCUT2D eigenvalue weighted by molar-refractivity contribution is -0.126. The third-order valence-electron chi connectivity index (χ3n) is 3.82. The topological polar surface area (TPSA) is 49.4 Å². The van der Waals surface area contributed by atoms with Gasteiger partial charge in [-0.15, -0.1) is 22.7 Å². The van der Waals surface area contributed by atoms with Gasteiger partial charge in [0.25, 0.3) is 5.91 Å². The fourth-order valence-corrected chi connectivity index (χ4v) is 4.02. The van der Waals surface area contributed by atoms with Crippen molar-refractivity contribution < 1.29 is 9.59 Å². The van der Waals surface area contributed by atoms with Crippen molar-refractivity contribution in [1.29, 1.82) is 0 Å². The van der Waals surface area contributed by atoms with Crippen LogP contribution in [0, 0.1) is 0 Å². The number of carbonyl (C=O) groups is 2. The maximum absolute atomic E-state index is 12.6. The Morgan fingerprint density at radius 1 is 1.18 bits per heavy atom. The molecule has 0 spiro atoms. The fraction of sp³-hybridized carbons (Fsp3) is 0.375. The van der Waals surface area contributed by atoms with E-state index in [4.69, 9.17) is 0 Å². The molecule has 6 heteroatoms. The standard InChI is InChI=1S/C16H18N2O2S2/c19-15(17-11-12-5-3-9-21-12)13-6-1-2-8-18(13)16(20)14-7-4-10-22-14/h3-5,7,9-10,13H,1-2,6,8,11H2,(H,17,19). The predicted molar refractivity (Wildman–Crippen MR) is 89.2 cm³/mol. The Kier molecular flexibility index (Phi) is 4.90. The molecule has 0 saturated carbocycles. The van der Waals surface area contributed by atoms with Crippen molar-refractivity contribution in [3.63, 3.8) is 0 Å². The first-order valence-corrected chi connectivity index (χ1v) is 9.16. The van der Waals surface area contributed by atoms with Gasteiger partial charge in [0, 0.05) is 11.4 Å². The van der Waals surface area contributed by atoms with E-state index in [9.17, 15) is 9.59 Å². The molecule has 0 bridgehead atoms. The molecule has 1 fully saturated rings. The van der Waals surface area contributed by atoms with Crippen molar-refractivity contribution in [1.82, 2.24) is 10.2 Å². The number of likely N-dealkylation sites (tertiary alicyclic amines) is 1. The van der Waals surface area contributed by atoms with Crippen LogP contribution in [0.3, 0.4) is 0 Å². The highest BCUT2D eigenvalue weighted by molar-refractivity contribution is 7.12. The summed E-state index contributed by atoms with van der Waals surface area (Å²) >= 11 is 3.05. The van der Waals surface area contributed by atoms with E-state index in [0.29, 0.717) is 18.0 Å². The molecule has 1 atom stereocenters. The van der Waals surface area contributed by atoms with Gasteiger partial charge in [0.1, 0.15) is 6.04 Å². The van der Waals surface area contributed by atoms with Gasteiger partial charge in [0.2, 0.25) is 5.91 Å². The van der Waals surface area contributed by atoms with Crippen molar-refractivity contribution in [3.8, 4) is 0 Å². The molecule has 1 saturated heterocycles. The molecular formula is C16H18N2O2S2. The molecule has 1 unspecified atom stereocenters. The number of piperidine rings is 1. The zero-order chi connectivity index (χ0) is 15.4. The molecule has 1 aliphatic heterocycles. The second-order valence-corrected chi connectivity index (χ2v) is 7.26. The molecular weight excluding hydrogens is 316 g/mol. The third-order valence-corrected chi connectivity index (χ3v) is 5.55. The number of hydrogen-bond donors (Lipinski definition) is 1. The van der Waals surface area contributed by atoms with Crippen LogP contribution in [0.15, 0.2) is 35.0 Å². The molecule has 1 N–H and O–H groups in total. The molecule has 2 aromatic heterocycles. The third kappa shape index (κ3) is 3.39. The maximum atomic E-state index is 12.6. The molecule has 116 valence electrons. The van der Waals surface area contributed by atoms with E-state index in [1.807, 2.05) is 35.0 Å². The predicted octanol–water partition coefficient (Wildman–Crippen LogP) is 3.12. The number of hydrogen-bond acceptors (Lipinski definition) is 4. The normalized spacial score (nSPS) is 18.2. The first kappa shape index (κ1) is 15.2. The van der Waals surface area contributed by atoms with Gasteiger partial charge in [-0.1, -0.05) is 12.1 Å². The largest absolute Gasteiger partial charge is 0.349 e. The van der Waals surface area contributed by atoms with Gasteiger partial charge in [-0.25, -0.2) is 0 Å². The Labute approximate surface area is 137 Å². The minimum absolute atomic E-state index is 0.0222. The molecule has 3 heterocycles. The van der Waals surface area contributed by atoms with E-state index >= 15 is 0 Å². The second kappa shape index (κ2) is 7.07. The Balaban J connectivity index is 1.66. The van der Waals surface area contributed by atoms with Crippen LogP contribution in [0.2, 0.25) is 0 Å². The SMILES string of the molecule is O=C(NCc1cccs1)C1CCCCN1C(=O)c1cccs1. The molecule has 4 nitrogen and oxygen atoms in total.